The molecule has 1 N–H and O–H groups in total. The van der Waals surface area contributed by atoms with Crippen LogP contribution in [0.1, 0.15) is 0 Å². The molecule has 0 unspecified atom stereocenters. The van der Waals surface area contributed by atoms with Gasteiger partial charge in [0.25, 0.3) is 0 Å². The lowest BCUT2D eigenvalue weighted by Gasteiger charge is -2.26. The molecule has 0 aliphatic carbocycles. The third-order valence-corrected chi connectivity index (χ3v) is 3.60. The molecule has 1 aromatic heterocycles. The van der Waals surface area contributed by atoms with Crippen LogP contribution in [0.15, 0.2) is 42.6 Å². The minimum Gasteiger partial charge on any atom is -0.379 e. The van der Waals surface area contributed by atoms with Crippen molar-refractivity contribution in [1.29, 1.82) is 0 Å². The zero-order chi connectivity index (χ0) is 14.3. The molecule has 0 radical (unpaired) electrons. The SMILES string of the molecule is Cl.Cl.c1ccc(-c2cnnc(NCCN3CCOCC3)c2)cc1. The van der Waals surface area contributed by atoms with Gasteiger partial charge in [-0.3, -0.25) is 4.90 Å². The first-order valence-corrected chi connectivity index (χ1v) is 7.34. The van der Waals surface area contributed by atoms with E-state index >= 15 is 0 Å². The minimum absolute atomic E-state index is 0. The molecular formula is C16H22Cl2N4O. The van der Waals surface area contributed by atoms with Crippen LogP contribution in [0, 0.1) is 0 Å². The van der Waals surface area contributed by atoms with Crippen LogP contribution in [-0.2, 0) is 4.74 Å². The molecule has 1 aliphatic heterocycles. The number of aromatic nitrogens is 2. The van der Waals surface area contributed by atoms with E-state index in [2.05, 4.69) is 32.5 Å². The molecule has 1 fully saturated rings. The molecule has 5 nitrogen and oxygen atoms in total. The summed E-state index contributed by atoms with van der Waals surface area (Å²) >= 11 is 0. The average molecular weight is 357 g/mol. The largest absolute Gasteiger partial charge is 0.379 e. The number of anilines is 1. The van der Waals surface area contributed by atoms with Crippen LogP contribution in [0.3, 0.4) is 0 Å². The summed E-state index contributed by atoms with van der Waals surface area (Å²) in [5.41, 5.74) is 2.24. The standard InChI is InChI=1S/C16H20N4O.2ClH/c1-2-4-14(5-3-1)15-12-16(19-18-13-15)17-6-7-20-8-10-21-11-9-20;;/h1-5,12-13H,6-11H2,(H,17,19);2*1H. The van der Waals surface area contributed by atoms with Crippen molar-refractivity contribution in [2.45, 2.75) is 0 Å². The maximum absolute atomic E-state index is 5.34. The second-order valence-electron chi connectivity index (χ2n) is 5.08. The Kier molecular flexibility index (Phi) is 8.87. The Morgan fingerprint density at radius 3 is 2.52 bits per heavy atom. The topological polar surface area (TPSA) is 50.3 Å². The lowest BCUT2D eigenvalue weighted by Crippen LogP contribution is -2.39. The maximum Gasteiger partial charge on any atom is 0.149 e. The van der Waals surface area contributed by atoms with Crippen molar-refractivity contribution in [2.24, 2.45) is 0 Å². The number of morpholine rings is 1. The fraction of sp³-hybridized carbons (Fsp3) is 0.375. The van der Waals surface area contributed by atoms with Gasteiger partial charge >= 0.3 is 0 Å². The minimum atomic E-state index is 0. The molecule has 1 aliphatic rings. The highest BCUT2D eigenvalue weighted by molar-refractivity contribution is 5.85. The average Bonchev–Trinajstić information content (AvgIpc) is 2.57. The fourth-order valence-corrected chi connectivity index (χ4v) is 2.41. The van der Waals surface area contributed by atoms with Crippen molar-refractivity contribution in [2.75, 3.05) is 44.7 Å². The molecular weight excluding hydrogens is 335 g/mol. The van der Waals surface area contributed by atoms with E-state index in [1.54, 1.807) is 6.20 Å². The van der Waals surface area contributed by atoms with E-state index in [0.717, 1.165) is 56.3 Å². The van der Waals surface area contributed by atoms with E-state index in [4.69, 9.17) is 4.74 Å². The summed E-state index contributed by atoms with van der Waals surface area (Å²) in [6.07, 6.45) is 1.79. The summed E-state index contributed by atoms with van der Waals surface area (Å²) in [6, 6.07) is 12.3. The van der Waals surface area contributed by atoms with Crippen molar-refractivity contribution in [3.63, 3.8) is 0 Å². The molecule has 0 spiro atoms. The zero-order valence-electron chi connectivity index (χ0n) is 12.9. The van der Waals surface area contributed by atoms with Gasteiger partial charge in [0.05, 0.1) is 19.4 Å². The lowest BCUT2D eigenvalue weighted by atomic mass is 10.1. The molecule has 1 saturated heterocycles. The molecule has 0 saturated carbocycles. The van der Waals surface area contributed by atoms with Gasteiger partial charge in [0, 0.05) is 31.7 Å². The van der Waals surface area contributed by atoms with E-state index in [9.17, 15) is 0 Å². The number of nitrogens with one attached hydrogen (secondary N) is 1. The quantitative estimate of drug-likeness (QED) is 0.892. The van der Waals surface area contributed by atoms with Gasteiger partial charge in [-0.15, -0.1) is 29.9 Å². The van der Waals surface area contributed by atoms with E-state index in [0.29, 0.717) is 0 Å². The van der Waals surface area contributed by atoms with Crippen LogP contribution in [0.5, 0.6) is 0 Å². The monoisotopic (exact) mass is 356 g/mol. The van der Waals surface area contributed by atoms with Crippen molar-refractivity contribution in [3.05, 3.63) is 42.6 Å². The van der Waals surface area contributed by atoms with Crippen molar-refractivity contribution < 1.29 is 4.74 Å². The summed E-state index contributed by atoms with van der Waals surface area (Å²) in [5.74, 6) is 0.824. The first-order chi connectivity index (χ1) is 10.4. The van der Waals surface area contributed by atoms with Crippen LogP contribution in [0.25, 0.3) is 11.1 Å². The summed E-state index contributed by atoms with van der Waals surface area (Å²) in [6.45, 7) is 5.56. The smallest absolute Gasteiger partial charge is 0.149 e. The van der Waals surface area contributed by atoms with E-state index in [-0.39, 0.29) is 24.8 Å². The van der Waals surface area contributed by atoms with Crippen LogP contribution >= 0.6 is 24.8 Å². The summed E-state index contributed by atoms with van der Waals surface area (Å²) in [4.78, 5) is 2.39. The Morgan fingerprint density at radius 1 is 1.04 bits per heavy atom. The third-order valence-electron chi connectivity index (χ3n) is 3.60. The molecule has 3 rings (SSSR count). The second kappa shape index (κ2) is 10.4. The van der Waals surface area contributed by atoms with Crippen LogP contribution in [0.4, 0.5) is 5.82 Å². The van der Waals surface area contributed by atoms with E-state index in [1.807, 2.05) is 24.3 Å². The highest BCUT2D eigenvalue weighted by Gasteiger charge is 2.09. The third kappa shape index (κ3) is 5.95. The first-order valence-electron chi connectivity index (χ1n) is 7.34. The fourth-order valence-electron chi connectivity index (χ4n) is 2.41. The first kappa shape index (κ1) is 19.6. The molecule has 7 heteroatoms. The zero-order valence-corrected chi connectivity index (χ0v) is 14.5. The predicted molar refractivity (Wildman–Crippen MR) is 97.7 cm³/mol. The van der Waals surface area contributed by atoms with Gasteiger partial charge < -0.3 is 10.1 Å². The Labute approximate surface area is 149 Å². The number of hydrogen-bond acceptors (Lipinski definition) is 5. The molecule has 0 atom stereocenters. The molecule has 23 heavy (non-hydrogen) atoms. The second-order valence-corrected chi connectivity index (χ2v) is 5.08. The van der Waals surface area contributed by atoms with Crippen LogP contribution in [0.2, 0.25) is 0 Å². The predicted octanol–water partition coefficient (Wildman–Crippen LogP) is 2.73. The number of rotatable bonds is 5. The maximum atomic E-state index is 5.34. The molecule has 0 amide bonds. The highest BCUT2D eigenvalue weighted by atomic mass is 35.5. The Hall–Kier alpha value is -1.40. The highest BCUT2D eigenvalue weighted by Crippen LogP contribution is 2.19. The Morgan fingerprint density at radius 2 is 1.78 bits per heavy atom. The molecule has 1 aromatic carbocycles. The normalized spacial score (nSPS) is 14.4. The summed E-state index contributed by atoms with van der Waals surface area (Å²) in [7, 11) is 0. The number of hydrogen-bond donors (Lipinski definition) is 1. The molecule has 2 heterocycles. The van der Waals surface area contributed by atoms with Gasteiger partial charge in [0.2, 0.25) is 0 Å². The number of halogens is 2. The molecule has 126 valence electrons. The van der Waals surface area contributed by atoms with E-state index < -0.39 is 0 Å². The van der Waals surface area contributed by atoms with Gasteiger partial charge in [0.15, 0.2) is 0 Å². The van der Waals surface area contributed by atoms with Gasteiger partial charge in [-0.05, 0) is 11.6 Å². The Balaban J connectivity index is 0.00000132. The summed E-state index contributed by atoms with van der Waals surface area (Å²) < 4.78 is 5.34. The number of nitrogens with zero attached hydrogens (tertiary/aromatic N) is 3. The van der Waals surface area contributed by atoms with Crippen LogP contribution in [-0.4, -0.2) is 54.5 Å². The van der Waals surface area contributed by atoms with Crippen molar-refractivity contribution in [1.82, 2.24) is 15.1 Å². The van der Waals surface area contributed by atoms with Crippen molar-refractivity contribution in [3.8, 4) is 11.1 Å². The number of ether oxygens (including phenoxy) is 1. The number of benzene rings is 1. The molecule has 0 bridgehead atoms. The van der Waals surface area contributed by atoms with Gasteiger partial charge in [-0.1, -0.05) is 30.3 Å². The van der Waals surface area contributed by atoms with E-state index in [1.165, 1.54) is 0 Å². The van der Waals surface area contributed by atoms with Gasteiger partial charge in [-0.25, -0.2) is 0 Å². The molecule has 2 aromatic rings. The van der Waals surface area contributed by atoms with Crippen LogP contribution < -0.4 is 5.32 Å². The lowest BCUT2D eigenvalue weighted by molar-refractivity contribution is 0.0398. The summed E-state index contributed by atoms with van der Waals surface area (Å²) in [5, 5.41) is 11.6. The van der Waals surface area contributed by atoms with Gasteiger partial charge in [-0.2, -0.15) is 5.10 Å². The van der Waals surface area contributed by atoms with Crippen molar-refractivity contribution >= 4 is 30.6 Å². The Bertz CT molecular complexity index is 565. The van der Waals surface area contributed by atoms with Gasteiger partial charge in [0.1, 0.15) is 5.82 Å².